The van der Waals surface area contributed by atoms with E-state index in [1.807, 2.05) is 55.5 Å². The second kappa shape index (κ2) is 9.49. The molecule has 1 saturated heterocycles. The van der Waals surface area contributed by atoms with E-state index in [0.717, 1.165) is 42.3 Å². The van der Waals surface area contributed by atoms with Crippen molar-refractivity contribution in [2.75, 3.05) is 25.5 Å². The number of nitrogens with zero attached hydrogens (tertiary/aromatic N) is 1. The Morgan fingerprint density at radius 1 is 1.15 bits per heavy atom. The van der Waals surface area contributed by atoms with Gasteiger partial charge in [-0.05, 0) is 75.3 Å². The van der Waals surface area contributed by atoms with Crippen molar-refractivity contribution in [3.05, 3.63) is 53.6 Å². The molecule has 2 aromatic carbocycles. The van der Waals surface area contributed by atoms with Gasteiger partial charge in [-0.25, -0.2) is 0 Å². The van der Waals surface area contributed by atoms with Gasteiger partial charge in [0.05, 0.1) is 5.25 Å². The summed E-state index contributed by atoms with van der Waals surface area (Å²) >= 11 is 7.40. The number of piperidine rings is 1. The zero-order chi connectivity index (χ0) is 19.2. The van der Waals surface area contributed by atoms with Gasteiger partial charge in [-0.15, -0.1) is 11.8 Å². The molecule has 0 aromatic heterocycles. The monoisotopic (exact) mass is 404 g/mol. The van der Waals surface area contributed by atoms with Crippen molar-refractivity contribution in [3.8, 4) is 5.75 Å². The highest BCUT2D eigenvalue weighted by molar-refractivity contribution is 8.00. The average molecular weight is 405 g/mol. The van der Waals surface area contributed by atoms with Crippen LogP contribution in [0.25, 0.3) is 0 Å². The Morgan fingerprint density at radius 2 is 1.78 bits per heavy atom. The predicted octanol–water partition coefficient (Wildman–Crippen LogP) is 4.93. The number of hydrogen-bond donors (Lipinski definition) is 1. The predicted molar refractivity (Wildman–Crippen MR) is 113 cm³/mol. The number of benzene rings is 2. The number of halogens is 1. The van der Waals surface area contributed by atoms with E-state index in [2.05, 4.69) is 17.3 Å². The van der Waals surface area contributed by atoms with Crippen LogP contribution in [-0.4, -0.2) is 42.3 Å². The maximum absolute atomic E-state index is 12.4. The number of amides is 1. The molecule has 6 heteroatoms. The molecule has 1 heterocycles. The van der Waals surface area contributed by atoms with E-state index in [4.69, 9.17) is 16.3 Å². The van der Waals surface area contributed by atoms with Crippen LogP contribution in [0.1, 0.15) is 19.8 Å². The van der Waals surface area contributed by atoms with Crippen molar-refractivity contribution in [1.82, 2.24) is 4.90 Å². The van der Waals surface area contributed by atoms with E-state index in [1.54, 1.807) is 0 Å². The first-order chi connectivity index (χ1) is 13.0. The van der Waals surface area contributed by atoms with Gasteiger partial charge in [0.25, 0.3) is 0 Å². The summed E-state index contributed by atoms with van der Waals surface area (Å²) in [6.07, 6.45) is 2.38. The summed E-state index contributed by atoms with van der Waals surface area (Å²) in [7, 11) is 2.14. The van der Waals surface area contributed by atoms with Gasteiger partial charge in [-0.1, -0.05) is 11.6 Å². The molecule has 0 saturated carbocycles. The molecule has 1 amide bonds. The molecule has 0 radical (unpaired) electrons. The minimum absolute atomic E-state index is 0.0288. The molecule has 1 aliphatic rings. The first-order valence-corrected chi connectivity index (χ1v) is 10.4. The van der Waals surface area contributed by atoms with E-state index in [1.165, 1.54) is 11.8 Å². The topological polar surface area (TPSA) is 41.6 Å². The van der Waals surface area contributed by atoms with Crippen LogP contribution in [0, 0.1) is 0 Å². The first kappa shape index (κ1) is 20.1. The normalized spacial score (nSPS) is 16.7. The number of thioether (sulfide) groups is 1. The Kier molecular flexibility index (Phi) is 7.05. The van der Waals surface area contributed by atoms with Crippen LogP contribution >= 0.6 is 23.4 Å². The number of anilines is 1. The third-order valence-corrected chi connectivity index (χ3v) is 5.95. The zero-order valence-electron chi connectivity index (χ0n) is 15.7. The van der Waals surface area contributed by atoms with E-state index < -0.39 is 0 Å². The molecule has 2 aromatic rings. The molecular formula is C21H25ClN2O2S. The second-order valence-corrected chi connectivity index (χ2v) is 8.70. The fraction of sp³-hybridized carbons (Fsp3) is 0.381. The van der Waals surface area contributed by atoms with Crippen molar-refractivity contribution in [2.24, 2.45) is 0 Å². The quantitative estimate of drug-likeness (QED) is 0.693. The zero-order valence-corrected chi connectivity index (χ0v) is 17.2. The lowest BCUT2D eigenvalue weighted by atomic mass is 10.1. The van der Waals surface area contributed by atoms with Crippen molar-refractivity contribution in [2.45, 2.75) is 36.0 Å². The Labute approximate surface area is 170 Å². The van der Waals surface area contributed by atoms with Gasteiger partial charge in [0.15, 0.2) is 0 Å². The van der Waals surface area contributed by atoms with Crippen LogP contribution in [0.4, 0.5) is 5.69 Å². The van der Waals surface area contributed by atoms with Gasteiger partial charge in [-0.2, -0.15) is 0 Å². The summed E-state index contributed by atoms with van der Waals surface area (Å²) in [5, 5.41) is 3.45. The SMILES string of the molecule is C[C@@H](Sc1ccc(Cl)cc1)C(=O)Nc1ccc(OC2CCN(C)CC2)cc1. The number of ether oxygens (including phenoxy) is 1. The van der Waals surface area contributed by atoms with Crippen LogP contribution < -0.4 is 10.1 Å². The molecule has 0 bridgehead atoms. The summed E-state index contributed by atoms with van der Waals surface area (Å²) in [5.74, 6) is 0.824. The van der Waals surface area contributed by atoms with Gasteiger partial charge in [0.2, 0.25) is 5.91 Å². The van der Waals surface area contributed by atoms with Crippen molar-refractivity contribution < 1.29 is 9.53 Å². The summed E-state index contributed by atoms with van der Waals surface area (Å²) < 4.78 is 6.05. The first-order valence-electron chi connectivity index (χ1n) is 9.18. The Balaban J connectivity index is 1.49. The Bertz CT molecular complexity index is 744. The minimum Gasteiger partial charge on any atom is -0.490 e. The van der Waals surface area contributed by atoms with Gasteiger partial charge >= 0.3 is 0 Å². The molecule has 4 nitrogen and oxygen atoms in total. The number of hydrogen-bond acceptors (Lipinski definition) is 4. The second-order valence-electron chi connectivity index (χ2n) is 6.85. The largest absolute Gasteiger partial charge is 0.490 e. The molecule has 0 aliphatic carbocycles. The van der Waals surface area contributed by atoms with Crippen LogP contribution in [0.15, 0.2) is 53.4 Å². The molecule has 1 N–H and O–H groups in total. The smallest absolute Gasteiger partial charge is 0.237 e. The van der Waals surface area contributed by atoms with Crippen molar-refractivity contribution >= 4 is 35.0 Å². The lowest BCUT2D eigenvalue weighted by molar-refractivity contribution is -0.115. The molecule has 144 valence electrons. The fourth-order valence-electron chi connectivity index (χ4n) is 2.93. The fourth-order valence-corrected chi connectivity index (χ4v) is 3.92. The highest BCUT2D eigenvalue weighted by Crippen LogP contribution is 2.26. The molecule has 27 heavy (non-hydrogen) atoms. The van der Waals surface area contributed by atoms with Crippen LogP contribution in [0.2, 0.25) is 5.02 Å². The highest BCUT2D eigenvalue weighted by Gasteiger charge is 2.18. The molecule has 1 aliphatic heterocycles. The minimum atomic E-state index is -0.207. The summed E-state index contributed by atoms with van der Waals surface area (Å²) in [6.45, 7) is 4.04. The third-order valence-electron chi connectivity index (χ3n) is 4.59. The maximum Gasteiger partial charge on any atom is 0.237 e. The molecule has 3 rings (SSSR count). The van der Waals surface area contributed by atoms with Crippen LogP contribution in [-0.2, 0) is 4.79 Å². The number of carbonyl (C=O) groups is 1. The standard InChI is InChI=1S/C21H25ClN2O2S/c1-15(27-20-9-3-16(22)4-10-20)21(25)23-17-5-7-18(8-6-17)26-19-11-13-24(2)14-12-19/h3-10,15,19H,11-14H2,1-2H3,(H,23,25)/t15-/m1/s1. The van der Waals surface area contributed by atoms with Crippen LogP contribution in [0.3, 0.4) is 0 Å². The number of carbonyl (C=O) groups excluding carboxylic acids is 1. The molecule has 0 unspecified atom stereocenters. The van der Waals surface area contributed by atoms with E-state index in [-0.39, 0.29) is 17.3 Å². The van der Waals surface area contributed by atoms with E-state index >= 15 is 0 Å². The van der Waals surface area contributed by atoms with E-state index in [0.29, 0.717) is 5.02 Å². The number of nitrogens with one attached hydrogen (secondary N) is 1. The number of rotatable bonds is 6. The van der Waals surface area contributed by atoms with Gasteiger partial charge in [-0.3, -0.25) is 4.79 Å². The summed E-state index contributed by atoms with van der Waals surface area (Å²) in [5.41, 5.74) is 0.777. The Morgan fingerprint density at radius 3 is 2.41 bits per heavy atom. The molecular weight excluding hydrogens is 380 g/mol. The number of likely N-dealkylation sites (tertiary alicyclic amines) is 1. The lowest BCUT2D eigenvalue weighted by Crippen LogP contribution is -2.35. The van der Waals surface area contributed by atoms with Crippen LogP contribution in [0.5, 0.6) is 5.75 Å². The average Bonchev–Trinajstić information content (AvgIpc) is 2.67. The van der Waals surface area contributed by atoms with Gasteiger partial charge in [0.1, 0.15) is 11.9 Å². The molecule has 0 spiro atoms. The Hall–Kier alpha value is -1.69. The van der Waals surface area contributed by atoms with Crippen molar-refractivity contribution in [1.29, 1.82) is 0 Å². The lowest BCUT2D eigenvalue weighted by Gasteiger charge is -2.29. The van der Waals surface area contributed by atoms with Gasteiger partial charge in [0, 0.05) is 28.7 Å². The van der Waals surface area contributed by atoms with Gasteiger partial charge < -0.3 is 15.0 Å². The van der Waals surface area contributed by atoms with Crippen molar-refractivity contribution in [3.63, 3.8) is 0 Å². The summed E-state index contributed by atoms with van der Waals surface area (Å²) in [6, 6.07) is 15.1. The highest BCUT2D eigenvalue weighted by atomic mass is 35.5. The van der Waals surface area contributed by atoms with E-state index in [9.17, 15) is 4.79 Å². The molecule has 1 fully saturated rings. The maximum atomic E-state index is 12.4. The molecule has 1 atom stereocenters. The third kappa shape index (κ3) is 6.16. The summed E-state index contributed by atoms with van der Waals surface area (Å²) in [4.78, 5) is 15.8.